The van der Waals surface area contributed by atoms with Gasteiger partial charge in [-0.3, -0.25) is 10.3 Å². The smallest absolute Gasteiger partial charge is 0.209 e. The van der Waals surface area contributed by atoms with Crippen molar-refractivity contribution in [3.05, 3.63) is 55.6 Å². The summed E-state index contributed by atoms with van der Waals surface area (Å²) < 4.78 is 7.25. The molecule has 0 atom stereocenters. The Kier molecular flexibility index (Phi) is 5.40. The maximum atomic E-state index is 8.88. The number of nitriles is 1. The molecule has 0 amide bonds. The Morgan fingerprint density at radius 2 is 2.16 bits per heavy atom. The van der Waals surface area contributed by atoms with Crippen LogP contribution in [0.4, 0.5) is 5.69 Å². The maximum Gasteiger partial charge on any atom is 0.209 e. The van der Waals surface area contributed by atoms with E-state index in [1.165, 1.54) is 6.39 Å². The first-order valence-corrected chi connectivity index (χ1v) is 7.76. The fourth-order valence-corrected chi connectivity index (χ4v) is 2.24. The lowest BCUT2D eigenvalue weighted by molar-refractivity contribution is 0.572. The van der Waals surface area contributed by atoms with Crippen LogP contribution in [-0.2, 0) is 6.54 Å². The molecule has 3 rings (SSSR count). The van der Waals surface area contributed by atoms with Crippen LogP contribution in [0, 0.1) is 11.5 Å². The van der Waals surface area contributed by atoms with Crippen LogP contribution in [0.25, 0.3) is 11.3 Å². The van der Waals surface area contributed by atoms with E-state index >= 15 is 0 Å². The van der Waals surface area contributed by atoms with Crippen molar-refractivity contribution in [3.63, 3.8) is 0 Å². The largest absolute Gasteiger partial charge is 0.444 e. The minimum atomic E-state index is 0.417. The third kappa shape index (κ3) is 4.68. The Bertz CT molecular complexity index is 830. The van der Waals surface area contributed by atoms with Crippen molar-refractivity contribution in [1.82, 2.24) is 19.9 Å². The number of guanidine groups is 1. The lowest BCUT2D eigenvalue weighted by atomic mass is 10.2. The van der Waals surface area contributed by atoms with E-state index in [4.69, 9.17) is 9.68 Å². The molecule has 0 unspecified atom stereocenters. The second kappa shape index (κ2) is 8.31. The van der Waals surface area contributed by atoms with E-state index in [9.17, 15) is 0 Å². The van der Waals surface area contributed by atoms with Gasteiger partial charge in [-0.15, -0.1) is 0 Å². The average molecular weight is 335 g/mol. The molecule has 2 N–H and O–H groups in total. The van der Waals surface area contributed by atoms with Gasteiger partial charge in [0.2, 0.25) is 5.96 Å². The van der Waals surface area contributed by atoms with Crippen molar-refractivity contribution in [2.45, 2.75) is 13.0 Å². The zero-order valence-corrected chi connectivity index (χ0v) is 13.5. The molecule has 0 aliphatic carbocycles. The van der Waals surface area contributed by atoms with Gasteiger partial charge in [0.1, 0.15) is 0 Å². The summed E-state index contributed by atoms with van der Waals surface area (Å²) in [6, 6.07) is 7.59. The number of oxazole rings is 1. The minimum Gasteiger partial charge on any atom is -0.444 e. The van der Waals surface area contributed by atoms with Crippen molar-refractivity contribution in [2.24, 2.45) is 4.99 Å². The fourth-order valence-electron chi connectivity index (χ4n) is 2.24. The van der Waals surface area contributed by atoms with E-state index in [1.54, 1.807) is 18.7 Å². The van der Waals surface area contributed by atoms with Crippen LogP contribution in [0.5, 0.6) is 0 Å². The normalized spacial score (nSPS) is 11.1. The number of rotatable bonds is 6. The van der Waals surface area contributed by atoms with Gasteiger partial charge in [0.15, 0.2) is 18.3 Å². The van der Waals surface area contributed by atoms with E-state index in [0.717, 1.165) is 24.2 Å². The van der Waals surface area contributed by atoms with Gasteiger partial charge in [-0.1, -0.05) is 0 Å². The summed E-state index contributed by atoms with van der Waals surface area (Å²) in [5, 5.41) is 14.5. The molecule has 0 spiro atoms. The van der Waals surface area contributed by atoms with Gasteiger partial charge in [0.25, 0.3) is 0 Å². The Morgan fingerprint density at radius 1 is 1.28 bits per heavy atom. The molecule has 0 aliphatic heterocycles. The number of aliphatic imine (C=N–C) groups is 1. The Morgan fingerprint density at radius 3 is 2.84 bits per heavy atom. The number of imidazole rings is 1. The zero-order chi connectivity index (χ0) is 17.3. The first-order chi connectivity index (χ1) is 12.3. The summed E-state index contributed by atoms with van der Waals surface area (Å²) in [7, 11) is 0. The van der Waals surface area contributed by atoms with Gasteiger partial charge < -0.3 is 14.3 Å². The summed E-state index contributed by atoms with van der Waals surface area (Å²) in [6.45, 7) is 1.42. The maximum absolute atomic E-state index is 8.88. The van der Waals surface area contributed by atoms with E-state index < -0.39 is 0 Å². The number of aromatic nitrogens is 3. The topological polar surface area (TPSA) is 104 Å². The SMILES string of the molecule is N#CNC(=NCCCn1ccnc1)Nc1ccc(-c2cnco2)cc1. The minimum absolute atomic E-state index is 0.417. The molecule has 8 nitrogen and oxygen atoms in total. The summed E-state index contributed by atoms with van der Waals surface area (Å²) in [5.74, 6) is 1.12. The highest BCUT2D eigenvalue weighted by molar-refractivity contribution is 5.94. The van der Waals surface area contributed by atoms with Crippen molar-refractivity contribution >= 4 is 11.6 Å². The van der Waals surface area contributed by atoms with Gasteiger partial charge >= 0.3 is 0 Å². The first kappa shape index (κ1) is 16.3. The Balaban J connectivity index is 1.57. The number of benzene rings is 1. The predicted molar refractivity (Wildman–Crippen MR) is 93.5 cm³/mol. The number of nitrogens with one attached hydrogen (secondary N) is 2. The number of hydrogen-bond acceptors (Lipinski definition) is 5. The standard InChI is InChI=1S/C17H17N7O/c18-11-22-17(21-6-1-8-24-9-7-19-12-24)23-15-4-2-14(3-5-15)16-10-20-13-25-16/h2-5,7,9-10,12-13H,1,6,8H2,(H2,21,22,23). The van der Waals surface area contributed by atoms with Gasteiger partial charge in [-0.25, -0.2) is 9.97 Å². The van der Waals surface area contributed by atoms with Crippen LogP contribution in [-0.4, -0.2) is 27.0 Å². The van der Waals surface area contributed by atoms with E-state index in [1.807, 2.05) is 41.2 Å². The summed E-state index contributed by atoms with van der Waals surface area (Å²) >= 11 is 0. The number of anilines is 1. The second-order valence-electron chi connectivity index (χ2n) is 5.19. The van der Waals surface area contributed by atoms with Crippen molar-refractivity contribution < 1.29 is 4.42 Å². The first-order valence-electron chi connectivity index (χ1n) is 7.76. The molecule has 2 heterocycles. The Hall–Kier alpha value is -3.60. The quantitative estimate of drug-likeness (QED) is 0.236. The van der Waals surface area contributed by atoms with E-state index in [-0.39, 0.29) is 0 Å². The third-order valence-corrected chi connectivity index (χ3v) is 3.44. The second-order valence-corrected chi connectivity index (χ2v) is 5.19. The lowest BCUT2D eigenvalue weighted by Crippen LogP contribution is -2.27. The highest BCUT2D eigenvalue weighted by Crippen LogP contribution is 2.20. The van der Waals surface area contributed by atoms with Crippen molar-refractivity contribution in [1.29, 1.82) is 5.26 Å². The zero-order valence-electron chi connectivity index (χ0n) is 13.5. The molecule has 1 aromatic carbocycles. The third-order valence-electron chi connectivity index (χ3n) is 3.44. The van der Waals surface area contributed by atoms with Gasteiger partial charge in [0.05, 0.1) is 12.5 Å². The fraction of sp³-hybridized carbons (Fsp3) is 0.176. The molecule has 0 saturated heterocycles. The van der Waals surface area contributed by atoms with Gasteiger partial charge in [0, 0.05) is 36.7 Å². The highest BCUT2D eigenvalue weighted by atomic mass is 16.3. The van der Waals surface area contributed by atoms with Gasteiger partial charge in [-0.2, -0.15) is 5.26 Å². The van der Waals surface area contributed by atoms with E-state index in [2.05, 4.69) is 25.6 Å². The molecule has 2 aromatic heterocycles. The van der Waals surface area contributed by atoms with Crippen LogP contribution >= 0.6 is 0 Å². The van der Waals surface area contributed by atoms with E-state index in [0.29, 0.717) is 18.3 Å². The van der Waals surface area contributed by atoms with Crippen LogP contribution in [0.15, 0.2) is 65.0 Å². The predicted octanol–water partition coefficient (Wildman–Crippen LogP) is 2.47. The van der Waals surface area contributed by atoms with Gasteiger partial charge in [-0.05, 0) is 30.7 Å². The molecule has 0 fully saturated rings. The number of nitrogens with zero attached hydrogens (tertiary/aromatic N) is 5. The average Bonchev–Trinajstić information content (AvgIpc) is 3.33. The lowest BCUT2D eigenvalue weighted by Gasteiger charge is -2.08. The molecule has 8 heteroatoms. The van der Waals surface area contributed by atoms with Crippen molar-refractivity contribution in [2.75, 3.05) is 11.9 Å². The molecule has 126 valence electrons. The summed E-state index contributed by atoms with van der Waals surface area (Å²) in [5.41, 5.74) is 1.74. The molecule has 25 heavy (non-hydrogen) atoms. The molecular weight excluding hydrogens is 318 g/mol. The van der Waals surface area contributed by atoms with Crippen molar-refractivity contribution in [3.8, 4) is 17.5 Å². The number of aryl methyl sites for hydroxylation is 1. The van der Waals surface area contributed by atoms with Crippen LogP contribution < -0.4 is 10.6 Å². The molecular formula is C17H17N7O. The summed E-state index contributed by atoms with van der Waals surface area (Å²) in [4.78, 5) is 12.3. The highest BCUT2D eigenvalue weighted by Gasteiger charge is 2.03. The Labute approximate surface area is 144 Å². The van der Waals surface area contributed by atoms with Crippen LogP contribution in [0.1, 0.15) is 6.42 Å². The monoisotopic (exact) mass is 335 g/mol. The molecule has 0 bridgehead atoms. The molecule has 0 radical (unpaired) electrons. The molecule has 0 saturated carbocycles. The van der Waals surface area contributed by atoms with Crippen LogP contribution in [0.3, 0.4) is 0 Å². The van der Waals surface area contributed by atoms with Crippen LogP contribution in [0.2, 0.25) is 0 Å². The molecule has 3 aromatic rings. The molecule has 0 aliphatic rings. The number of hydrogen-bond donors (Lipinski definition) is 2. The summed E-state index contributed by atoms with van der Waals surface area (Å²) in [6.07, 6.45) is 11.2.